The van der Waals surface area contributed by atoms with Crippen molar-refractivity contribution in [3.63, 3.8) is 0 Å². The molecular weight excluding hydrogens is 486 g/mol. The van der Waals surface area contributed by atoms with Crippen LogP contribution in [0.3, 0.4) is 0 Å². The quantitative estimate of drug-likeness (QED) is 0.235. The van der Waals surface area contributed by atoms with Gasteiger partial charge in [-0.05, 0) is 82.3 Å². The van der Waals surface area contributed by atoms with Gasteiger partial charge in [0.15, 0.2) is 11.6 Å². The van der Waals surface area contributed by atoms with E-state index < -0.39 is 0 Å². The van der Waals surface area contributed by atoms with Crippen molar-refractivity contribution in [1.82, 2.24) is 15.0 Å². The minimum Gasteiger partial charge on any atom is -0.217 e. The average Bonchev–Trinajstić information content (AvgIpc) is 3.81. The van der Waals surface area contributed by atoms with E-state index in [0.717, 1.165) is 22.8 Å². The van der Waals surface area contributed by atoms with Crippen molar-refractivity contribution in [2.45, 2.75) is 62.2 Å². The summed E-state index contributed by atoms with van der Waals surface area (Å²) in [6, 6.07) is 31.8. The molecule has 4 aliphatic rings. The molecule has 4 aromatic carbocycles. The van der Waals surface area contributed by atoms with E-state index in [0.29, 0.717) is 0 Å². The molecule has 2 spiro atoms. The molecule has 2 saturated carbocycles. The first-order valence-corrected chi connectivity index (χ1v) is 15.0. The maximum atomic E-state index is 5.07. The number of nitrogens with zero attached hydrogens (tertiary/aromatic N) is 3. The molecule has 0 aliphatic heterocycles. The van der Waals surface area contributed by atoms with Crippen molar-refractivity contribution in [3.05, 3.63) is 114 Å². The lowest BCUT2D eigenvalue weighted by Crippen LogP contribution is -2.20. The molecule has 0 unspecified atom stereocenters. The number of fused-ring (bicyclic) bond motifs is 10. The van der Waals surface area contributed by atoms with Gasteiger partial charge in [-0.25, -0.2) is 15.0 Å². The molecule has 0 atom stereocenters. The Labute approximate surface area is 235 Å². The molecule has 5 aromatic rings. The highest BCUT2D eigenvalue weighted by molar-refractivity contribution is 5.85. The van der Waals surface area contributed by atoms with Gasteiger partial charge >= 0.3 is 0 Å². The van der Waals surface area contributed by atoms with E-state index in [1.54, 1.807) is 6.33 Å². The zero-order valence-corrected chi connectivity index (χ0v) is 22.7. The highest BCUT2D eigenvalue weighted by atomic mass is 15.0. The van der Waals surface area contributed by atoms with E-state index in [2.05, 4.69) is 94.9 Å². The smallest absolute Gasteiger partial charge is 0.163 e. The molecular formula is C37H31N3. The third-order valence-electron chi connectivity index (χ3n) is 10.5. The SMILES string of the molecule is c1ccc2c(c1)-c1ccc(-c3ncnc(-c4ccc5c(c4)C4(CCCC4)c4ccccc4-5)n3)cc1C21CCCC1. The molecule has 0 radical (unpaired) electrons. The fraction of sp³-hybridized carbons (Fsp3) is 0.270. The van der Waals surface area contributed by atoms with Crippen LogP contribution < -0.4 is 0 Å². The Balaban J connectivity index is 1.14. The van der Waals surface area contributed by atoms with Gasteiger partial charge in [0.25, 0.3) is 0 Å². The Morgan fingerprint density at radius 2 is 0.875 bits per heavy atom. The van der Waals surface area contributed by atoms with Crippen molar-refractivity contribution in [3.8, 4) is 45.0 Å². The molecule has 0 amide bonds. The van der Waals surface area contributed by atoms with Gasteiger partial charge in [0, 0.05) is 22.0 Å². The monoisotopic (exact) mass is 517 g/mol. The third kappa shape index (κ3) is 2.93. The largest absolute Gasteiger partial charge is 0.217 e. The second kappa shape index (κ2) is 8.20. The van der Waals surface area contributed by atoms with Crippen LogP contribution in [0.5, 0.6) is 0 Å². The van der Waals surface area contributed by atoms with Crippen LogP contribution in [0.25, 0.3) is 45.0 Å². The first kappa shape index (κ1) is 22.7. The standard InChI is InChI=1S/C37H31N3/c1-3-11-30-26(9-1)28-15-13-24(21-32(28)36(30)17-5-6-18-36)34-38-23-39-35(40-34)25-14-16-29-27-10-2-4-12-31(27)37(33(29)22-25)19-7-8-20-37/h1-4,9-16,21-23H,5-8,17-20H2. The Kier molecular flexibility index (Phi) is 4.65. The third-order valence-corrected chi connectivity index (χ3v) is 10.5. The molecule has 40 heavy (non-hydrogen) atoms. The highest BCUT2D eigenvalue weighted by Gasteiger charge is 2.46. The van der Waals surface area contributed by atoms with E-state index in [1.165, 1.54) is 95.9 Å². The molecule has 0 saturated heterocycles. The van der Waals surface area contributed by atoms with E-state index in [9.17, 15) is 0 Å². The summed E-state index contributed by atoms with van der Waals surface area (Å²) >= 11 is 0. The van der Waals surface area contributed by atoms with Gasteiger partial charge in [-0.2, -0.15) is 0 Å². The van der Waals surface area contributed by atoms with Crippen molar-refractivity contribution in [2.75, 3.05) is 0 Å². The molecule has 3 heteroatoms. The summed E-state index contributed by atoms with van der Waals surface area (Å²) in [5, 5.41) is 0. The first-order valence-electron chi connectivity index (χ1n) is 15.0. The van der Waals surface area contributed by atoms with Crippen LogP contribution in [0.1, 0.15) is 73.6 Å². The van der Waals surface area contributed by atoms with E-state index in [4.69, 9.17) is 4.98 Å². The van der Waals surface area contributed by atoms with Gasteiger partial charge < -0.3 is 0 Å². The molecule has 1 heterocycles. The second-order valence-electron chi connectivity index (χ2n) is 12.3. The second-order valence-corrected chi connectivity index (χ2v) is 12.3. The lowest BCUT2D eigenvalue weighted by atomic mass is 9.76. The summed E-state index contributed by atoms with van der Waals surface area (Å²) in [5.41, 5.74) is 14.0. The molecule has 1 aromatic heterocycles. The molecule has 0 bridgehead atoms. The summed E-state index contributed by atoms with van der Waals surface area (Å²) in [6.07, 6.45) is 11.7. The average molecular weight is 518 g/mol. The Hall–Kier alpha value is -4.11. The first-order chi connectivity index (χ1) is 19.8. The van der Waals surface area contributed by atoms with Crippen LogP contribution in [0.2, 0.25) is 0 Å². The Bertz CT molecular complexity index is 1690. The zero-order valence-electron chi connectivity index (χ0n) is 22.7. The summed E-state index contributed by atoms with van der Waals surface area (Å²) in [4.78, 5) is 14.4. The van der Waals surface area contributed by atoms with E-state index >= 15 is 0 Å². The molecule has 2 fully saturated rings. The normalized spacial score (nSPS) is 18.6. The molecule has 0 N–H and O–H groups in total. The molecule has 194 valence electrons. The minimum absolute atomic E-state index is 0.141. The van der Waals surface area contributed by atoms with Crippen LogP contribution in [0.15, 0.2) is 91.3 Å². The maximum absolute atomic E-state index is 5.07. The summed E-state index contributed by atoms with van der Waals surface area (Å²) < 4.78 is 0. The zero-order chi connectivity index (χ0) is 26.3. The number of benzene rings is 4. The summed E-state index contributed by atoms with van der Waals surface area (Å²) in [6.45, 7) is 0. The summed E-state index contributed by atoms with van der Waals surface area (Å²) in [7, 11) is 0. The number of hydrogen-bond donors (Lipinski definition) is 0. The summed E-state index contributed by atoms with van der Waals surface area (Å²) in [5.74, 6) is 1.52. The van der Waals surface area contributed by atoms with Crippen molar-refractivity contribution in [1.29, 1.82) is 0 Å². The predicted molar refractivity (Wildman–Crippen MR) is 160 cm³/mol. The fourth-order valence-electron chi connectivity index (χ4n) is 8.80. The fourth-order valence-corrected chi connectivity index (χ4v) is 8.80. The van der Waals surface area contributed by atoms with E-state index in [-0.39, 0.29) is 10.8 Å². The number of rotatable bonds is 2. The maximum Gasteiger partial charge on any atom is 0.163 e. The van der Waals surface area contributed by atoms with Crippen LogP contribution in [0, 0.1) is 0 Å². The van der Waals surface area contributed by atoms with Crippen LogP contribution in [-0.2, 0) is 10.8 Å². The van der Waals surface area contributed by atoms with Crippen LogP contribution in [-0.4, -0.2) is 15.0 Å². The number of aromatic nitrogens is 3. The van der Waals surface area contributed by atoms with Crippen LogP contribution in [0.4, 0.5) is 0 Å². The van der Waals surface area contributed by atoms with Gasteiger partial charge in [0.1, 0.15) is 6.33 Å². The van der Waals surface area contributed by atoms with E-state index in [1.807, 2.05) is 0 Å². The minimum atomic E-state index is 0.141. The lowest BCUT2D eigenvalue weighted by Gasteiger charge is -2.27. The highest BCUT2D eigenvalue weighted by Crippen LogP contribution is 2.58. The van der Waals surface area contributed by atoms with Crippen molar-refractivity contribution in [2.24, 2.45) is 0 Å². The molecule has 3 nitrogen and oxygen atoms in total. The predicted octanol–water partition coefficient (Wildman–Crippen LogP) is 8.89. The molecule has 9 rings (SSSR count). The topological polar surface area (TPSA) is 38.7 Å². The Morgan fingerprint density at radius 3 is 1.35 bits per heavy atom. The van der Waals surface area contributed by atoms with Gasteiger partial charge in [-0.1, -0.05) is 98.5 Å². The van der Waals surface area contributed by atoms with Gasteiger partial charge in [0.05, 0.1) is 0 Å². The van der Waals surface area contributed by atoms with Crippen LogP contribution >= 0.6 is 0 Å². The van der Waals surface area contributed by atoms with Crippen molar-refractivity contribution < 1.29 is 0 Å². The number of hydrogen-bond acceptors (Lipinski definition) is 3. The van der Waals surface area contributed by atoms with Crippen molar-refractivity contribution >= 4 is 0 Å². The lowest BCUT2D eigenvalue weighted by molar-refractivity contribution is 0.550. The van der Waals surface area contributed by atoms with Gasteiger partial charge in [-0.15, -0.1) is 0 Å². The molecule has 4 aliphatic carbocycles. The van der Waals surface area contributed by atoms with Gasteiger partial charge in [0.2, 0.25) is 0 Å². The Morgan fingerprint density at radius 1 is 0.450 bits per heavy atom. The van der Waals surface area contributed by atoms with Gasteiger partial charge in [-0.3, -0.25) is 0 Å².